The maximum absolute atomic E-state index is 6.18. The molecule has 0 spiro atoms. The van der Waals surface area contributed by atoms with Gasteiger partial charge in [-0.3, -0.25) is 4.90 Å². The highest BCUT2D eigenvalue weighted by Crippen LogP contribution is 2.40. The zero-order valence-corrected chi connectivity index (χ0v) is 11.8. The van der Waals surface area contributed by atoms with E-state index in [0.717, 1.165) is 18.5 Å². The zero-order valence-electron chi connectivity index (χ0n) is 11.8. The first-order valence-electron chi connectivity index (χ1n) is 7.65. The largest absolute Gasteiger partial charge is 0.329 e. The standard InChI is InChI=1S/C15H30N2/c1-3-13-7-6-10-15(11-13,12-16)17(2)14-8-4-5-9-14/h13-14H,3-12,16H2,1-2H3. The molecular formula is C15H30N2. The molecule has 0 bridgehead atoms. The minimum atomic E-state index is 0.327. The number of likely N-dealkylation sites (N-methyl/N-ethyl adjacent to an activating group) is 1. The summed E-state index contributed by atoms with van der Waals surface area (Å²) in [5.41, 5.74) is 6.51. The predicted octanol–water partition coefficient (Wildman–Crippen LogP) is 3.16. The highest BCUT2D eigenvalue weighted by atomic mass is 15.2. The van der Waals surface area contributed by atoms with Crippen molar-refractivity contribution in [2.75, 3.05) is 13.6 Å². The molecule has 2 aliphatic rings. The Morgan fingerprint density at radius 3 is 2.47 bits per heavy atom. The molecule has 0 aromatic carbocycles. The Morgan fingerprint density at radius 1 is 1.18 bits per heavy atom. The molecule has 2 aliphatic carbocycles. The highest BCUT2D eigenvalue weighted by Gasteiger charge is 2.41. The van der Waals surface area contributed by atoms with Crippen LogP contribution in [0.5, 0.6) is 0 Å². The minimum absolute atomic E-state index is 0.327. The molecule has 0 aliphatic heterocycles. The Labute approximate surface area is 107 Å². The van der Waals surface area contributed by atoms with Gasteiger partial charge in [0.2, 0.25) is 0 Å². The fourth-order valence-electron chi connectivity index (χ4n) is 4.14. The van der Waals surface area contributed by atoms with Gasteiger partial charge in [-0.1, -0.05) is 39.0 Å². The van der Waals surface area contributed by atoms with Gasteiger partial charge in [0.25, 0.3) is 0 Å². The molecule has 2 rings (SSSR count). The van der Waals surface area contributed by atoms with Crippen molar-refractivity contribution in [3.8, 4) is 0 Å². The third-order valence-electron chi connectivity index (χ3n) is 5.50. The molecule has 2 atom stereocenters. The summed E-state index contributed by atoms with van der Waals surface area (Å²) in [7, 11) is 2.35. The zero-order chi connectivity index (χ0) is 12.3. The summed E-state index contributed by atoms with van der Waals surface area (Å²) in [5, 5.41) is 0. The van der Waals surface area contributed by atoms with E-state index >= 15 is 0 Å². The van der Waals surface area contributed by atoms with Crippen LogP contribution in [0.2, 0.25) is 0 Å². The summed E-state index contributed by atoms with van der Waals surface area (Å²) in [6, 6.07) is 0.814. The van der Waals surface area contributed by atoms with Crippen molar-refractivity contribution in [2.45, 2.75) is 76.3 Å². The lowest BCUT2D eigenvalue weighted by Crippen LogP contribution is -2.57. The lowest BCUT2D eigenvalue weighted by molar-refractivity contribution is 0.0249. The predicted molar refractivity (Wildman–Crippen MR) is 74.1 cm³/mol. The molecule has 2 unspecified atom stereocenters. The van der Waals surface area contributed by atoms with Gasteiger partial charge in [-0.2, -0.15) is 0 Å². The van der Waals surface area contributed by atoms with Gasteiger partial charge in [0.15, 0.2) is 0 Å². The third kappa shape index (κ3) is 2.68. The Bertz CT molecular complexity index is 235. The van der Waals surface area contributed by atoms with Gasteiger partial charge in [0.1, 0.15) is 0 Å². The van der Waals surface area contributed by atoms with E-state index in [1.807, 2.05) is 0 Å². The van der Waals surface area contributed by atoms with Crippen LogP contribution in [0, 0.1) is 5.92 Å². The van der Waals surface area contributed by atoms with Gasteiger partial charge in [0, 0.05) is 18.1 Å². The molecule has 17 heavy (non-hydrogen) atoms. The van der Waals surface area contributed by atoms with Crippen LogP contribution in [0.3, 0.4) is 0 Å². The average molecular weight is 238 g/mol. The summed E-state index contributed by atoms with van der Waals surface area (Å²) >= 11 is 0. The van der Waals surface area contributed by atoms with E-state index in [1.54, 1.807) is 0 Å². The first-order valence-corrected chi connectivity index (χ1v) is 7.65. The summed E-state index contributed by atoms with van der Waals surface area (Å²) in [4.78, 5) is 2.68. The van der Waals surface area contributed by atoms with Crippen LogP contribution in [0.1, 0.15) is 64.7 Å². The lowest BCUT2D eigenvalue weighted by atomic mass is 9.73. The van der Waals surface area contributed by atoms with Crippen molar-refractivity contribution < 1.29 is 0 Å². The van der Waals surface area contributed by atoms with Crippen LogP contribution in [0.25, 0.3) is 0 Å². The van der Waals surface area contributed by atoms with Gasteiger partial charge in [-0.25, -0.2) is 0 Å². The second kappa shape index (κ2) is 5.71. The first kappa shape index (κ1) is 13.4. The van der Waals surface area contributed by atoms with Gasteiger partial charge < -0.3 is 5.73 Å². The molecule has 2 nitrogen and oxygen atoms in total. The molecular weight excluding hydrogens is 208 g/mol. The van der Waals surface area contributed by atoms with E-state index in [0.29, 0.717) is 5.54 Å². The van der Waals surface area contributed by atoms with Crippen molar-refractivity contribution in [1.29, 1.82) is 0 Å². The second-order valence-corrected chi connectivity index (χ2v) is 6.35. The molecule has 0 aromatic heterocycles. The van der Waals surface area contributed by atoms with E-state index < -0.39 is 0 Å². The molecule has 0 aromatic rings. The van der Waals surface area contributed by atoms with Crippen molar-refractivity contribution in [3.05, 3.63) is 0 Å². The fraction of sp³-hybridized carbons (Fsp3) is 1.00. The molecule has 2 N–H and O–H groups in total. The van der Waals surface area contributed by atoms with E-state index in [4.69, 9.17) is 5.73 Å². The molecule has 0 saturated heterocycles. The van der Waals surface area contributed by atoms with Crippen LogP contribution in [0.4, 0.5) is 0 Å². The molecule has 100 valence electrons. The lowest BCUT2D eigenvalue weighted by Gasteiger charge is -2.49. The van der Waals surface area contributed by atoms with Crippen molar-refractivity contribution in [2.24, 2.45) is 11.7 Å². The maximum atomic E-state index is 6.18. The van der Waals surface area contributed by atoms with E-state index in [9.17, 15) is 0 Å². The van der Waals surface area contributed by atoms with Crippen LogP contribution in [-0.2, 0) is 0 Å². The maximum Gasteiger partial charge on any atom is 0.0334 e. The first-order chi connectivity index (χ1) is 8.22. The Hall–Kier alpha value is -0.0800. The van der Waals surface area contributed by atoms with Crippen LogP contribution in [-0.4, -0.2) is 30.1 Å². The Kier molecular flexibility index (Phi) is 4.48. The normalized spacial score (nSPS) is 35.6. The summed E-state index contributed by atoms with van der Waals surface area (Å²) in [5.74, 6) is 0.913. The average Bonchev–Trinajstić information content (AvgIpc) is 2.91. The van der Waals surface area contributed by atoms with E-state index in [-0.39, 0.29) is 0 Å². The van der Waals surface area contributed by atoms with Crippen LogP contribution in [0.15, 0.2) is 0 Å². The van der Waals surface area contributed by atoms with Gasteiger partial charge >= 0.3 is 0 Å². The fourth-order valence-corrected chi connectivity index (χ4v) is 4.14. The van der Waals surface area contributed by atoms with Gasteiger partial charge in [-0.05, 0) is 38.6 Å². The number of nitrogens with two attached hydrogens (primary N) is 1. The molecule has 2 heteroatoms. The van der Waals surface area contributed by atoms with E-state index in [2.05, 4.69) is 18.9 Å². The smallest absolute Gasteiger partial charge is 0.0334 e. The number of hydrogen-bond donors (Lipinski definition) is 1. The molecule has 2 fully saturated rings. The Balaban J connectivity index is 2.06. The Morgan fingerprint density at radius 2 is 1.88 bits per heavy atom. The monoisotopic (exact) mass is 238 g/mol. The molecule has 0 radical (unpaired) electrons. The SMILES string of the molecule is CCC1CCCC(CN)(N(C)C2CCCC2)C1. The minimum Gasteiger partial charge on any atom is -0.329 e. The number of hydrogen-bond acceptors (Lipinski definition) is 2. The van der Waals surface area contributed by atoms with Crippen molar-refractivity contribution in [3.63, 3.8) is 0 Å². The topological polar surface area (TPSA) is 29.3 Å². The van der Waals surface area contributed by atoms with E-state index in [1.165, 1.54) is 57.8 Å². The summed E-state index contributed by atoms with van der Waals surface area (Å²) < 4.78 is 0. The quantitative estimate of drug-likeness (QED) is 0.815. The molecule has 0 amide bonds. The highest BCUT2D eigenvalue weighted by molar-refractivity contribution is 4.98. The third-order valence-corrected chi connectivity index (χ3v) is 5.50. The second-order valence-electron chi connectivity index (χ2n) is 6.35. The van der Waals surface area contributed by atoms with Gasteiger partial charge in [-0.15, -0.1) is 0 Å². The van der Waals surface area contributed by atoms with Crippen molar-refractivity contribution >= 4 is 0 Å². The number of nitrogens with zero attached hydrogens (tertiary/aromatic N) is 1. The van der Waals surface area contributed by atoms with Crippen molar-refractivity contribution in [1.82, 2.24) is 4.90 Å². The van der Waals surface area contributed by atoms with Gasteiger partial charge in [0.05, 0.1) is 0 Å². The number of rotatable bonds is 4. The summed E-state index contributed by atoms with van der Waals surface area (Å²) in [6.45, 7) is 3.20. The summed E-state index contributed by atoms with van der Waals surface area (Å²) in [6.07, 6.45) is 12.5. The molecule has 0 heterocycles. The van der Waals surface area contributed by atoms with Crippen LogP contribution < -0.4 is 5.73 Å². The van der Waals surface area contributed by atoms with Crippen LogP contribution >= 0.6 is 0 Å². The molecule has 2 saturated carbocycles.